The number of aromatic nitrogens is 6. The van der Waals surface area contributed by atoms with Crippen LogP contribution < -0.4 is 11.3 Å². The number of hydrogen-bond donors (Lipinski definition) is 2. The highest BCUT2D eigenvalue weighted by Gasteiger charge is 2.21. The molecule has 242 valence electrons. The Labute approximate surface area is 283 Å². The number of aromatic hydroxyl groups is 1. The van der Waals surface area contributed by atoms with Crippen LogP contribution in [0.25, 0.3) is 33.2 Å². The molecule has 0 amide bonds. The van der Waals surface area contributed by atoms with Crippen molar-refractivity contribution in [3.8, 4) is 28.8 Å². The zero-order valence-corrected chi connectivity index (χ0v) is 27.3. The second-order valence-electron chi connectivity index (χ2n) is 12.4. The molecule has 3 aromatic heterocycles. The van der Waals surface area contributed by atoms with Crippen LogP contribution in [-0.4, -0.2) is 34.4 Å². The molecule has 3 heterocycles. The summed E-state index contributed by atoms with van der Waals surface area (Å²) in [4.78, 5) is 28.2. The van der Waals surface area contributed by atoms with Crippen molar-refractivity contribution in [1.82, 2.24) is 29.3 Å². The predicted molar refractivity (Wildman–Crippen MR) is 190 cm³/mol. The summed E-state index contributed by atoms with van der Waals surface area (Å²) in [6.45, 7) is 0.332. The molecule has 48 heavy (non-hydrogen) atoms. The first kappa shape index (κ1) is 31.4. The number of nitrogens with two attached hydrogens (primary N) is 1. The van der Waals surface area contributed by atoms with Gasteiger partial charge in [0.1, 0.15) is 36.0 Å². The Morgan fingerprint density at radius 2 is 1.75 bits per heavy atom. The van der Waals surface area contributed by atoms with Crippen molar-refractivity contribution in [2.75, 3.05) is 5.73 Å². The number of rotatable bonds is 9. The summed E-state index contributed by atoms with van der Waals surface area (Å²) in [6, 6.07) is 19.8. The first-order valence-corrected chi connectivity index (χ1v) is 16.8. The van der Waals surface area contributed by atoms with Crippen molar-refractivity contribution in [2.45, 2.75) is 64.5 Å². The summed E-state index contributed by atoms with van der Waals surface area (Å²) in [5.74, 6) is 8.39. The van der Waals surface area contributed by atoms with Gasteiger partial charge >= 0.3 is 0 Å². The summed E-state index contributed by atoms with van der Waals surface area (Å²) in [5, 5.41) is 16.3. The monoisotopic (exact) mass is 657 g/mol. The van der Waals surface area contributed by atoms with Crippen LogP contribution in [0.3, 0.4) is 0 Å². The van der Waals surface area contributed by atoms with Crippen LogP contribution in [0.4, 0.5) is 5.82 Å². The minimum atomic E-state index is -0.203. The van der Waals surface area contributed by atoms with Gasteiger partial charge in [-0.15, -0.1) is 0 Å². The lowest BCUT2D eigenvalue weighted by Gasteiger charge is -2.15. The molecule has 0 aliphatic heterocycles. The summed E-state index contributed by atoms with van der Waals surface area (Å²) in [7, 11) is 0. The SMILES string of the molecule is Nc1ncnc2c1c(-c1ccc(O)cc1)nn2Cc1nc2cccc(C#CCCCCC3CCCC3)c2c(=O)n1Cc1ccccc1Cl. The predicted octanol–water partition coefficient (Wildman–Crippen LogP) is 7.34. The van der Waals surface area contributed by atoms with Crippen LogP contribution in [0.2, 0.25) is 5.02 Å². The number of fused-ring (bicyclic) bond motifs is 2. The Morgan fingerprint density at radius 1 is 0.938 bits per heavy atom. The van der Waals surface area contributed by atoms with Crippen LogP contribution in [0.5, 0.6) is 5.75 Å². The minimum absolute atomic E-state index is 0.123. The van der Waals surface area contributed by atoms with Crippen molar-refractivity contribution in [2.24, 2.45) is 5.92 Å². The molecular weight excluding hydrogens is 622 g/mol. The molecule has 3 N–H and O–H groups in total. The molecule has 1 saturated carbocycles. The first-order valence-electron chi connectivity index (χ1n) is 16.5. The average Bonchev–Trinajstić information content (AvgIpc) is 3.74. The number of nitrogens with zero attached hydrogens (tertiary/aromatic N) is 6. The number of phenols is 1. The number of phenolic OH excluding ortho intramolecular Hbond substituents is 1. The standard InChI is InChI=1S/C38H36ClN7O2/c39-30-16-8-7-14-28(30)22-45-32(23-46-37-34(36(40)41-24-42-37)35(44-46)27-18-20-29(47)21-19-27)43-31-17-9-15-26(33(31)38(45)48)13-4-2-1-3-10-25-11-5-6-12-25/h7-9,14-21,24-25,47H,1-3,5-6,10-12,22-23H2,(H2,40,41,42). The smallest absolute Gasteiger partial charge is 0.263 e. The molecule has 7 rings (SSSR count). The summed E-state index contributed by atoms with van der Waals surface area (Å²) in [6.07, 6.45) is 11.2. The Morgan fingerprint density at radius 3 is 2.56 bits per heavy atom. The molecule has 10 heteroatoms. The van der Waals surface area contributed by atoms with Crippen molar-refractivity contribution in [3.05, 3.63) is 105 Å². The van der Waals surface area contributed by atoms with E-state index in [1.54, 1.807) is 33.5 Å². The fraction of sp³-hybridized carbons (Fsp3) is 0.289. The fourth-order valence-electron chi connectivity index (χ4n) is 6.69. The van der Waals surface area contributed by atoms with E-state index in [0.717, 1.165) is 29.9 Å². The number of hydrogen-bond acceptors (Lipinski definition) is 7. The Bertz CT molecular complexity index is 2220. The van der Waals surface area contributed by atoms with Gasteiger partial charge in [0.25, 0.3) is 5.56 Å². The molecule has 0 bridgehead atoms. The number of halogens is 1. The molecule has 0 atom stereocenters. The molecule has 1 aliphatic carbocycles. The van der Waals surface area contributed by atoms with Gasteiger partial charge in [-0.05, 0) is 60.4 Å². The number of unbranched alkanes of at least 4 members (excludes halogenated alkanes) is 2. The number of anilines is 1. The van der Waals surface area contributed by atoms with E-state index in [2.05, 4.69) is 21.8 Å². The van der Waals surface area contributed by atoms with E-state index in [-0.39, 0.29) is 30.2 Å². The molecule has 9 nitrogen and oxygen atoms in total. The van der Waals surface area contributed by atoms with Gasteiger partial charge in [-0.2, -0.15) is 5.10 Å². The maximum Gasteiger partial charge on any atom is 0.263 e. The maximum atomic E-state index is 14.4. The van der Waals surface area contributed by atoms with Crippen LogP contribution in [0.1, 0.15) is 68.3 Å². The second-order valence-corrected chi connectivity index (χ2v) is 12.8. The highest BCUT2D eigenvalue weighted by atomic mass is 35.5. The van der Waals surface area contributed by atoms with Crippen LogP contribution in [0.15, 0.2) is 77.9 Å². The van der Waals surface area contributed by atoms with E-state index in [1.165, 1.54) is 44.9 Å². The highest BCUT2D eigenvalue weighted by Crippen LogP contribution is 2.32. The lowest BCUT2D eigenvalue weighted by Crippen LogP contribution is -2.28. The molecule has 0 spiro atoms. The van der Waals surface area contributed by atoms with Crippen LogP contribution >= 0.6 is 11.6 Å². The van der Waals surface area contributed by atoms with E-state index in [9.17, 15) is 9.90 Å². The van der Waals surface area contributed by atoms with Gasteiger partial charge in [0.2, 0.25) is 0 Å². The largest absolute Gasteiger partial charge is 0.508 e. The molecule has 0 radical (unpaired) electrons. The van der Waals surface area contributed by atoms with Gasteiger partial charge in [0.05, 0.1) is 22.8 Å². The molecule has 6 aromatic rings. The van der Waals surface area contributed by atoms with Gasteiger partial charge in [-0.3, -0.25) is 9.36 Å². The Hall–Kier alpha value is -5.20. The normalized spacial score (nSPS) is 13.3. The molecule has 0 unspecified atom stereocenters. The second kappa shape index (κ2) is 13.9. The van der Waals surface area contributed by atoms with Gasteiger partial charge in [-0.1, -0.05) is 86.2 Å². The zero-order valence-electron chi connectivity index (χ0n) is 26.6. The molecule has 1 fully saturated rings. The Kier molecular flexibility index (Phi) is 9.08. The fourth-order valence-corrected chi connectivity index (χ4v) is 6.89. The van der Waals surface area contributed by atoms with Crippen LogP contribution in [0, 0.1) is 17.8 Å². The lowest BCUT2D eigenvalue weighted by molar-refractivity contribution is 0.475. The number of nitrogen functional groups attached to an aromatic ring is 1. The quantitative estimate of drug-likeness (QED) is 0.123. The van der Waals surface area contributed by atoms with Crippen molar-refractivity contribution in [1.29, 1.82) is 0 Å². The molecule has 1 aliphatic rings. The summed E-state index contributed by atoms with van der Waals surface area (Å²) in [5.41, 5.74) is 9.94. The van der Waals surface area contributed by atoms with Crippen molar-refractivity contribution < 1.29 is 5.11 Å². The summed E-state index contributed by atoms with van der Waals surface area (Å²) < 4.78 is 3.33. The van der Waals surface area contributed by atoms with Gasteiger partial charge in [-0.25, -0.2) is 19.6 Å². The van der Waals surface area contributed by atoms with E-state index in [1.807, 2.05) is 42.5 Å². The summed E-state index contributed by atoms with van der Waals surface area (Å²) >= 11 is 6.59. The van der Waals surface area contributed by atoms with Crippen LogP contribution in [-0.2, 0) is 13.1 Å². The lowest BCUT2D eigenvalue weighted by atomic mass is 10.00. The van der Waals surface area contributed by atoms with Gasteiger partial charge < -0.3 is 10.8 Å². The Balaban J connectivity index is 1.28. The third-order valence-corrected chi connectivity index (χ3v) is 9.57. The van der Waals surface area contributed by atoms with Gasteiger partial charge in [0, 0.05) is 22.6 Å². The third-order valence-electron chi connectivity index (χ3n) is 9.20. The van der Waals surface area contributed by atoms with Crippen molar-refractivity contribution >= 4 is 39.4 Å². The average molecular weight is 658 g/mol. The van der Waals surface area contributed by atoms with E-state index in [4.69, 9.17) is 27.4 Å². The third kappa shape index (κ3) is 6.49. The molecular formula is C38H36ClN7O2. The van der Waals surface area contributed by atoms with E-state index in [0.29, 0.717) is 44.0 Å². The zero-order chi connectivity index (χ0) is 33.0. The minimum Gasteiger partial charge on any atom is -0.508 e. The topological polar surface area (TPSA) is 125 Å². The van der Waals surface area contributed by atoms with Crippen molar-refractivity contribution in [3.63, 3.8) is 0 Å². The van der Waals surface area contributed by atoms with E-state index < -0.39 is 0 Å². The molecule has 0 saturated heterocycles. The first-order chi connectivity index (χ1) is 23.5. The highest BCUT2D eigenvalue weighted by molar-refractivity contribution is 6.31. The maximum absolute atomic E-state index is 14.4. The van der Waals surface area contributed by atoms with E-state index >= 15 is 0 Å². The van der Waals surface area contributed by atoms with Gasteiger partial charge in [0.15, 0.2) is 5.65 Å². The molecule has 3 aromatic carbocycles. The number of benzene rings is 3.